The molecule has 0 amide bonds. The van der Waals surface area contributed by atoms with E-state index in [-0.39, 0.29) is 4.90 Å². The molecule has 0 bridgehead atoms. The number of quaternary nitrogens is 1. The van der Waals surface area contributed by atoms with Gasteiger partial charge in [-0.1, -0.05) is 0 Å². The average molecular weight is 365 g/mol. The van der Waals surface area contributed by atoms with Gasteiger partial charge in [0.25, 0.3) is 0 Å². The van der Waals surface area contributed by atoms with Crippen LogP contribution >= 0.6 is 0 Å². The fraction of sp³-hybridized carbons (Fsp3) is 0.533. The average Bonchev–Trinajstić information content (AvgIpc) is 3.31. The first-order valence-electron chi connectivity index (χ1n) is 8.36. The number of piperazine rings is 1. The minimum Gasteiger partial charge on any atom is -0.494 e. The predicted molar refractivity (Wildman–Crippen MR) is 88.2 cm³/mol. The van der Waals surface area contributed by atoms with Crippen LogP contribution in [0.15, 0.2) is 29.4 Å². The lowest BCUT2D eigenvalue weighted by Gasteiger charge is -2.34. The predicted octanol–water partition coefficient (Wildman–Crippen LogP) is -1.28. The smallest absolute Gasteiger partial charge is 0.243 e. The number of aromatic nitrogens is 4. The first kappa shape index (κ1) is 16.4. The summed E-state index contributed by atoms with van der Waals surface area (Å²) in [4.78, 5) is 1.78. The topological polar surface area (TPSA) is 94.7 Å². The van der Waals surface area contributed by atoms with Crippen molar-refractivity contribution in [2.24, 2.45) is 0 Å². The van der Waals surface area contributed by atoms with Crippen LogP contribution in [0.2, 0.25) is 0 Å². The molecule has 1 aromatic heterocycles. The van der Waals surface area contributed by atoms with E-state index in [4.69, 9.17) is 4.74 Å². The molecule has 134 valence electrons. The van der Waals surface area contributed by atoms with Crippen LogP contribution < -0.4 is 9.64 Å². The van der Waals surface area contributed by atoms with Gasteiger partial charge in [-0.2, -0.15) is 8.99 Å². The molecule has 0 radical (unpaired) electrons. The van der Waals surface area contributed by atoms with Crippen LogP contribution in [0.5, 0.6) is 5.75 Å². The monoisotopic (exact) mass is 365 g/mol. The molecule has 9 nitrogen and oxygen atoms in total. The second kappa shape index (κ2) is 6.36. The standard InChI is InChI=1S/C15H20N6O3S/c1-24-15-9-13(4-5-14(15)21-11-16-17-18-21)25(22,23)20-8-7-19-6-2-3-12(19)10-20/h4-5,9,11-12H,2-3,6-8,10H2,1H3/p+1/t12-/m1/s1. The van der Waals surface area contributed by atoms with Crippen molar-refractivity contribution in [1.82, 2.24) is 24.5 Å². The third-order valence-corrected chi connectivity index (χ3v) is 6.98. The normalized spacial score (nSPS) is 24.2. The second-order valence-electron chi connectivity index (χ2n) is 6.45. The molecule has 0 aliphatic carbocycles. The summed E-state index contributed by atoms with van der Waals surface area (Å²) in [6.45, 7) is 3.19. The van der Waals surface area contributed by atoms with Gasteiger partial charge in [0.2, 0.25) is 10.0 Å². The number of sulfonamides is 1. The second-order valence-corrected chi connectivity index (χ2v) is 8.39. The minimum atomic E-state index is -3.54. The van der Waals surface area contributed by atoms with Gasteiger partial charge >= 0.3 is 0 Å². The Balaban J connectivity index is 1.64. The molecule has 1 unspecified atom stereocenters. The summed E-state index contributed by atoms with van der Waals surface area (Å²) >= 11 is 0. The van der Waals surface area contributed by atoms with Gasteiger partial charge in [0.05, 0.1) is 38.2 Å². The molecule has 0 spiro atoms. The molecule has 2 aliphatic rings. The van der Waals surface area contributed by atoms with E-state index in [2.05, 4.69) is 15.5 Å². The third kappa shape index (κ3) is 2.90. The molecule has 2 aromatic rings. The summed E-state index contributed by atoms with van der Waals surface area (Å²) in [5.74, 6) is 0.415. The van der Waals surface area contributed by atoms with Crippen LogP contribution in [0.1, 0.15) is 12.8 Å². The molecule has 2 fully saturated rings. The molecule has 10 heteroatoms. The van der Waals surface area contributed by atoms with Crippen molar-refractivity contribution in [3.63, 3.8) is 0 Å². The molecular formula is C15H21N6O3S+. The van der Waals surface area contributed by atoms with Gasteiger partial charge < -0.3 is 9.64 Å². The van der Waals surface area contributed by atoms with E-state index in [1.54, 1.807) is 22.5 Å². The molecule has 4 rings (SSSR count). The van der Waals surface area contributed by atoms with Gasteiger partial charge in [0, 0.05) is 18.9 Å². The summed E-state index contributed by atoms with van der Waals surface area (Å²) < 4.78 is 34.5. The Hall–Kier alpha value is -2.04. The van der Waals surface area contributed by atoms with E-state index in [9.17, 15) is 8.42 Å². The van der Waals surface area contributed by atoms with E-state index in [1.165, 1.54) is 29.4 Å². The van der Waals surface area contributed by atoms with E-state index < -0.39 is 10.0 Å². The maximum absolute atomic E-state index is 13.1. The summed E-state index contributed by atoms with van der Waals surface area (Å²) in [5, 5.41) is 11.0. The van der Waals surface area contributed by atoms with Gasteiger partial charge in [0.15, 0.2) is 0 Å². The first-order chi connectivity index (χ1) is 12.1. The SMILES string of the molecule is COc1cc(S(=O)(=O)N2CC[NH+]3CCC[C@@H]3C2)ccc1-n1cnnn1. The summed E-state index contributed by atoms with van der Waals surface area (Å²) in [5.41, 5.74) is 0.594. The molecule has 2 saturated heterocycles. The molecule has 0 saturated carbocycles. The van der Waals surface area contributed by atoms with Gasteiger partial charge in [-0.15, -0.1) is 5.10 Å². The van der Waals surface area contributed by atoms with E-state index in [0.29, 0.717) is 30.6 Å². The number of fused-ring (bicyclic) bond motifs is 1. The molecule has 1 N–H and O–H groups in total. The number of ether oxygens (including phenoxy) is 1. The zero-order valence-electron chi connectivity index (χ0n) is 14.0. The van der Waals surface area contributed by atoms with Crippen molar-refractivity contribution in [2.45, 2.75) is 23.8 Å². The van der Waals surface area contributed by atoms with Gasteiger partial charge in [-0.25, -0.2) is 8.42 Å². The number of benzene rings is 1. The van der Waals surface area contributed by atoms with E-state index >= 15 is 0 Å². The fourth-order valence-corrected chi connectivity index (χ4v) is 5.29. The van der Waals surface area contributed by atoms with Crippen molar-refractivity contribution in [3.05, 3.63) is 24.5 Å². The Bertz CT molecular complexity index is 854. The molecule has 1 aromatic carbocycles. The van der Waals surface area contributed by atoms with Crippen molar-refractivity contribution >= 4 is 10.0 Å². The molecular weight excluding hydrogens is 344 g/mol. The van der Waals surface area contributed by atoms with E-state index in [1.807, 2.05) is 0 Å². The summed E-state index contributed by atoms with van der Waals surface area (Å²) in [7, 11) is -2.04. The van der Waals surface area contributed by atoms with Gasteiger partial charge in [0.1, 0.15) is 23.8 Å². The van der Waals surface area contributed by atoms with Crippen molar-refractivity contribution in [3.8, 4) is 11.4 Å². The Kier molecular flexibility index (Phi) is 4.18. The molecule has 25 heavy (non-hydrogen) atoms. The van der Waals surface area contributed by atoms with Crippen LogP contribution in [0, 0.1) is 0 Å². The Morgan fingerprint density at radius 3 is 2.96 bits per heavy atom. The van der Waals surface area contributed by atoms with Crippen LogP contribution in [0.3, 0.4) is 0 Å². The molecule has 3 heterocycles. The van der Waals surface area contributed by atoms with Crippen molar-refractivity contribution in [2.75, 3.05) is 33.3 Å². The number of tetrazole rings is 1. The zero-order chi connectivity index (χ0) is 17.4. The quantitative estimate of drug-likeness (QED) is 0.726. The largest absolute Gasteiger partial charge is 0.494 e. The summed E-state index contributed by atoms with van der Waals surface area (Å²) in [6, 6.07) is 5.22. The van der Waals surface area contributed by atoms with Crippen molar-refractivity contribution in [1.29, 1.82) is 0 Å². The number of rotatable bonds is 4. The number of methoxy groups -OCH3 is 1. The van der Waals surface area contributed by atoms with Crippen LogP contribution in [-0.4, -0.2) is 72.3 Å². The zero-order valence-corrected chi connectivity index (χ0v) is 14.8. The van der Waals surface area contributed by atoms with Crippen molar-refractivity contribution < 1.29 is 18.1 Å². The number of nitrogens with zero attached hydrogens (tertiary/aromatic N) is 5. The lowest BCUT2D eigenvalue weighted by Crippen LogP contribution is -3.16. The van der Waals surface area contributed by atoms with Crippen LogP contribution in [-0.2, 0) is 10.0 Å². The number of hydrogen-bond acceptors (Lipinski definition) is 6. The first-order valence-corrected chi connectivity index (χ1v) is 9.80. The maximum atomic E-state index is 13.1. The maximum Gasteiger partial charge on any atom is 0.243 e. The lowest BCUT2D eigenvalue weighted by molar-refractivity contribution is -0.916. The van der Waals surface area contributed by atoms with Crippen LogP contribution in [0.4, 0.5) is 0 Å². The highest BCUT2D eigenvalue weighted by Crippen LogP contribution is 2.27. The third-order valence-electron chi connectivity index (χ3n) is 5.12. The molecule has 2 atom stereocenters. The van der Waals surface area contributed by atoms with Crippen LogP contribution in [0.25, 0.3) is 5.69 Å². The number of nitrogens with one attached hydrogen (secondary N) is 1. The number of hydrogen-bond donors (Lipinski definition) is 1. The summed E-state index contributed by atoms with van der Waals surface area (Å²) in [6.07, 6.45) is 3.72. The highest BCUT2D eigenvalue weighted by molar-refractivity contribution is 7.89. The van der Waals surface area contributed by atoms with E-state index in [0.717, 1.165) is 19.5 Å². The van der Waals surface area contributed by atoms with Gasteiger partial charge in [-0.3, -0.25) is 0 Å². The Morgan fingerprint density at radius 1 is 1.32 bits per heavy atom. The van der Waals surface area contributed by atoms with Gasteiger partial charge in [-0.05, 0) is 22.6 Å². The highest BCUT2D eigenvalue weighted by Gasteiger charge is 2.39. The Labute approximate surface area is 146 Å². The fourth-order valence-electron chi connectivity index (χ4n) is 3.79. The lowest BCUT2D eigenvalue weighted by atomic mass is 10.2. The highest BCUT2D eigenvalue weighted by atomic mass is 32.2. The molecule has 2 aliphatic heterocycles. The Morgan fingerprint density at radius 2 is 2.20 bits per heavy atom. The minimum absolute atomic E-state index is 0.239.